The summed E-state index contributed by atoms with van der Waals surface area (Å²) in [5.41, 5.74) is -1.18. The van der Waals surface area contributed by atoms with Gasteiger partial charge in [0.1, 0.15) is 5.82 Å². The van der Waals surface area contributed by atoms with Crippen LogP contribution < -0.4 is 10.6 Å². The first-order chi connectivity index (χ1) is 9.86. The first-order valence-electron chi connectivity index (χ1n) is 6.80. The first-order valence-corrected chi connectivity index (χ1v) is 7.21. The number of benzene rings is 1. The maximum absolute atomic E-state index is 13.2. The topological polar surface area (TPSA) is 24.1 Å². The molecular formula is C14H16F4N2S. The molecule has 1 fully saturated rings. The molecule has 0 atom stereocenters. The molecule has 7 heteroatoms. The lowest BCUT2D eigenvalue weighted by Gasteiger charge is -2.24. The predicted octanol–water partition coefficient (Wildman–Crippen LogP) is 4.46. The van der Waals surface area contributed by atoms with Gasteiger partial charge in [-0.3, -0.25) is 0 Å². The highest BCUT2D eigenvalue weighted by Crippen LogP contribution is 2.33. The molecule has 0 spiro atoms. The second-order valence-electron chi connectivity index (χ2n) is 5.13. The van der Waals surface area contributed by atoms with Crippen molar-refractivity contribution in [3.8, 4) is 0 Å². The zero-order chi connectivity index (χ0) is 15.5. The van der Waals surface area contributed by atoms with Crippen LogP contribution in [0, 0.1) is 5.82 Å². The lowest BCUT2D eigenvalue weighted by atomic mass is 9.96. The Morgan fingerprint density at radius 2 is 1.81 bits per heavy atom. The summed E-state index contributed by atoms with van der Waals surface area (Å²) in [6.07, 6.45) is 0.716. The van der Waals surface area contributed by atoms with Crippen LogP contribution in [0.4, 0.5) is 23.2 Å². The Balaban J connectivity index is 2.00. The van der Waals surface area contributed by atoms with E-state index < -0.39 is 17.6 Å². The van der Waals surface area contributed by atoms with Gasteiger partial charge in [-0.1, -0.05) is 19.3 Å². The van der Waals surface area contributed by atoms with Crippen LogP contribution in [0.2, 0.25) is 0 Å². The molecule has 2 rings (SSSR count). The van der Waals surface area contributed by atoms with Crippen LogP contribution in [-0.4, -0.2) is 11.2 Å². The normalized spacial score (nSPS) is 16.6. The molecule has 1 aliphatic rings. The molecule has 1 aliphatic carbocycles. The fourth-order valence-corrected chi connectivity index (χ4v) is 2.70. The van der Waals surface area contributed by atoms with Crippen LogP contribution in [0.3, 0.4) is 0 Å². The van der Waals surface area contributed by atoms with Crippen molar-refractivity contribution in [3.05, 3.63) is 29.6 Å². The second-order valence-corrected chi connectivity index (χ2v) is 5.53. The van der Waals surface area contributed by atoms with Gasteiger partial charge in [-0.25, -0.2) is 4.39 Å². The van der Waals surface area contributed by atoms with Gasteiger partial charge in [0.2, 0.25) is 0 Å². The minimum Gasteiger partial charge on any atom is -0.360 e. The zero-order valence-corrected chi connectivity index (χ0v) is 12.1. The lowest BCUT2D eigenvalue weighted by molar-refractivity contribution is -0.139. The quantitative estimate of drug-likeness (QED) is 0.621. The van der Waals surface area contributed by atoms with E-state index in [1.54, 1.807) is 0 Å². The van der Waals surface area contributed by atoms with Crippen LogP contribution in [0.15, 0.2) is 18.2 Å². The van der Waals surface area contributed by atoms with Crippen LogP contribution in [0.1, 0.15) is 37.7 Å². The number of nitrogens with one attached hydrogen (secondary N) is 2. The third-order valence-corrected chi connectivity index (χ3v) is 3.69. The van der Waals surface area contributed by atoms with Crippen molar-refractivity contribution in [2.75, 3.05) is 5.32 Å². The van der Waals surface area contributed by atoms with E-state index in [0.717, 1.165) is 37.8 Å². The van der Waals surface area contributed by atoms with Gasteiger partial charge >= 0.3 is 6.18 Å². The number of hydrogen-bond acceptors (Lipinski definition) is 1. The van der Waals surface area contributed by atoms with Crippen molar-refractivity contribution in [2.45, 2.75) is 44.3 Å². The number of alkyl halides is 3. The van der Waals surface area contributed by atoms with Crippen LogP contribution in [-0.2, 0) is 6.18 Å². The molecule has 1 aromatic rings. The standard InChI is InChI=1S/C14H16F4N2S/c15-12-7-6-10(8-11(12)14(16,17)18)20-13(21)19-9-4-2-1-3-5-9/h6-9H,1-5H2,(H2,19,20,21). The number of rotatable bonds is 2. The van der Waals surface area contributed by atoms with Gasteiger partial charge < -0.3 is 10.6 Å². The third-order valence-electron chi connectivity index (χ3n) is 3.47. The van der Waals surface area contributed by atoms with Gasteiger partial charge in [-0.05, 0) is 43.3 Å². The minimum absolute atomic E-state index is 0.122. The second kappa shape index (κ2) is 6.60. The molecule has 2 N–H and O–H groups in total. The van der Waals surface area contributed by atoms with Crippen molar-refractivity contribution in [2.24, 2.45) is 0 Å². The molecule has 21 heavy (non-hydrogen) atoms. The zero-order valence-electron chi connectivity index (χ0n) is 11.3. The third kappa shape index (κ3) is 4.56. The Labute approximate surface area is 125 Å². The van der Waals surface area contributed by atoms with Gasteiger partial charge in [0.05, 0.1) is 5.56 Å². The van der Waals surface area contributed by atoms with E-state index in [1.165, 1.54) is 12.5 Å². The molecule has 1 saturated carbocycles. The average Bonchev–Trinajstić information content (AvgIpc) is 2.41. The van der Waals surface area contributed by atoms with Crippen LogP contribution in [0.25, 0.3) is 0 Å². The highest BCUT2D eigenvalue weighted by molar-refractivity contribution is 7.80. The summed E-state index contributed by atoms with van der Waals surface area (Å²) >= 11 is 5.09. The SMILES string of the molecule is Fc1ccc(NC(=S)NC2CCCCC2)cc1C(F)(F)F. The summed E-state index contributed by atoms with van der Waals surface area (Å²) in [7, 11) is 0. The predicted molar refractivity (Wildman–Crippen MR) is 77.6 cm³/mol. The molecular weight excluding hydrogens is 304 g/mol. The van der Waals surface area contributed by atoms with Crippen LogP contribution >= 0.6 is 12.2 Å². The van der Waals surface area contributed by atoms with Crippen molar-refractivity contribution in [1.82, 2.24) is 5.32 Å². The van der Waals surface area contributed by atoms with Gasteiger partial charge in [0.25, 0.3) is 0 Å². The highest BCUT2D eigenvalue weighted by Gasteiger charge is 2.34. The van der Waals surface area contributed by atoms with E-state index in [2.05, 4.69) is 10.6 Å². The molecule has 0 unspecified atom stereocenters. The Morgan fingerprint density at radius 1 is 1.14 bits per heavy atom. The summed E-state index contributed by atoms with van der Waals surface area (Å²) in [4.78, 5) is 0. The molecule has 0 aliphatic heterocycles. The molecule has 116 valence electrons. The summed E-state index contributed by atoms with van der Waals surface area (Å²) in [6, 6.07) is 3.00. The summed E-state index contributed by atoms with van der Waals surface area (Å²) in [5, 5.41) is 6.03. The number of anilines is 1. The Bertz CT molecular complexity index is 510. The van der Waals surface area contributed by atoms with E-state index in [9.17, 15) is 17.6 Å². The average molecular weight is 320 g/mol. The summed E-state index contributed by atoms with van der Waals surface area (Å²) in [5.74, 6) is -1.29. The Kier molecular flexibility index (Phi) is 5.03. The van der Waals surface area contributed by atoms with E-state index in [1.807, 2.05) is 0 Å². The lowest BCUT2D eigenvalue weighted by Crippen LogP contribution is -2.38. The van der Waals surface area contributed by atoms with E-state index in [-0.39, 0.29) is 16.8 Å². The number of thiocarbonyl (C=S) groups is 1. The maximum atomic E-state index is 13.2. The van der Waals surface area contributed by atoms with Gasteiger partial charge in [0, 0.05) is 11.7 Å². The fraction of sp³-hybridized carbons (Fsp3) is 0.500. The van der Waals surface area contributed by atoms with E-state index >= 15 is 0 Å². The molecule has 0 saturated heterocycles. The van der Waals surface area contributed by atoms with E-state index in [4.69, 9.17) is 12.2 Å². The number of hydrogen-bond donors (Lipinski definition) is 2. The van der Waals surface area contributed by atoms with Gasteiger partial charge in [-0.2, -0.15) is 13.2 Å². The fourth-order valence-electron chi connectivity index (χ4n) is 2.42. The van der Waals surface area contributed by atoms with Crippen molar-refractivity contribution in [3.63, 3.8) is 0 Å². The van der Waals surface area contributed by atoms with Crippen molar-refractivity contribution < 1.29 is 17.6 Å². The minimum atomic E-state index is -4.72. The smallest absolute Gasteiger partial charge is 0.360 e. The maximum Gasteiger partial charge on any atom is 0.419 e. The number of halogens is 4. The van der Waals surface area contributed by atoms with Crippen molar-refractivity contribution in [1.29, 1.82) is 0 Å². The summed E-state index contributed by atoms with van der Waals surface area (Å²) < 4.78 is 51.0. The highest BCUT2D eigenvalue weighted by atomic mass is 32.1. The molecule has 2 nitrogen and oxygen atoms in total. The first kappa shape index (κ1) is 16.0. The molecule has 0 radical (unpaired) electrons. The molecule has 0 bridgehead atoms. The molecule has 0 amide bonds. The van der Waals surface area contributed by atoms with E-state index in [0.29, 0.717) is 0 Å². The van der Waals surface area contributed by atoms with Gasteiger partial charge in [0.15, 0.2) is 5.11 Å². The molecule has 0 aromatic heterocycles. The van der Waals surface area contributed by atoms with Crippen molar-refractivity contribution >= 4 is 23.0 Å². The summed E-state index contributed by atoms with van der Waals surface area (Å²) in [6.45, 7) is 0. The van der Waals surface area contributed by atoms with Gasteiger partial charge in [-0.15, -0.1) is 0 Å². The molecule has 0 heterocycles. The van der Waals surface area contributed by atoms with Crippen LogP contribution in [0.5, 0.6) is 0 Å². The monoisotopic (exact) mass is 320 g/mol. The largest absolute Gasteiger partial charge is 0.419 e. The Morgan fingerprint density at radius 3 is 2.43 bits per heavy atom. The molecule has 1 aromatic carbocycles. The Hall–Kier alpha value is -1.37.